The van der Waals surface area contributed by atoms with E-state index in [-0.39, 0.29) is 18.5 Å². The molecule has 2 heterocycles. The van der Waals surface area contributed by atoms with E-state index in [1.54, 1.807) is 16.7 Å². The summed E-state index contributed by atoms with van der Waals surface area (Å²) >= 11 is 0. The number of aromatic carboxylic acids is 1. The van der Waals surface area contributed by atoms with E-state index in [4.69, 9.17) is 15.9 Å². The zero-order valence-electron chi connectivity index (χ0n) is 9.33. The van der Waals surface area contributed by atoms with Gasteiger partial charge in [-0.1, -0.05) is 0 Å². The number of carboxylic acids is 2. The second-order valence-corrected chi connectivity index (χ2v) is 3.79. The number of hydrogen-bond donors (Lipinski definition) is 3. The Kier molecular flexibility index (Phi) is 2.88. The van der Waals surface area contributed by atoms with Crippen molar-refractivity contribution in [1.82, 2.24) is 9.38 Å². The van der Waals surface area contributed by atoms with Crippen molar-refractivity contribution in [2.24, 2.45) is 0 Å². The molecule has 0 amide bonds. The van der Waals surface area contributed by atoms with Gasteiger partial charge in [0.05, 0.1) is 11.9 Å². The summed E-state index contributed by atoms with van der Waals surface area (Å²) in [6.07, 6.45) is 1.64. The number of aliphatic carboxylic acids is 1. The summed E-state index contributed by atoms with van der Waals surface area (Å²) in [7, 11) is 0. The van der Waals surface area contributed by atoms with Crippen molar-refractivity contribution in [3.8, 4) is 0 Å². The molecule has 0 saturated heterocycles. The molecule has 4 N–H and O–H groups in total. The van der Waals surface area contributed by atoms with Crippen LogP contribution in [0.15, 0.2) is 18.3 Å². The Morgan fingerprint density at radius 1 is 1.39 bits per heavy atom. The lowest BCUT2D eigenvalue weighted by molar-refractivity contribution is -0.137. The number of fused-ring (bicyclic) bond motifs is 1. The molecular formula is C11H11N3O4. The van der Waals surface area contributed by atoms with Gasteiger partial charge in [-0.25, -0.2) is 9.78 Å². The van der Waals surface area contributed by atoms with Crippen molar-refractivity contribution >= 4 is 23.1 Å². The largest absolute Gasteiger partial charge is 0.481 e. The van der Waals surface area contributed by atoms with Crippen LogP contribution in [0.5, 0.6) is 0 Å². The summed E-state index contributed by atoms with van der Waals surface area (Å²) < 4.78 is 1.54. The van der Waals surface area contributed by atoms with E-state index < -0.39 is 11.9 Å². The van der Waals surface area contributed by atoms with E-state index in [2.05, 4.69) is 4.98 Å². The van der Waals surface area contributed by atoms with Crippen LogP contribution in [0.25, 0.3) is 5.52 Å². The standard InChI is InChI=1S/C11H11N3O4/c12-6-3-4-14-7(5-6)10(11(17)18)13-8(14)1-2-9(15)16/h3-5H,1-2,12H2,(H,15,16)(H,17,18). The third kappa shape index (κ3) is 2.10. The molecule has 2 aromatic heterocycles. The van der Waals surface area contributed by atoms with E-state index in [0.717, 1.165) is 0 Å². The molecule has 2 aromatic rings. The fourth-order valence-electron chi connectivity index (χ4n) is 1.72. The van der Waals surface area contributed by atoms with Gasteiger partial charge in [0, 0.05) is 18.3 Å². The molecule has 0 aliphatic rings. The molecule has 18 heavy (non-hydrogen) atoms. The molecule has 0 unspecified atom stereocenters. The predicted octanol–water partition coefficient (Wildman–Crippen LogP) is 0.632. The monoisotopic (exact) mass is 249 g/mol. The quantitative estimate of drug-likeness (QED) is 0.731. The van der Waals surface area contributed by atoms with Gasteiger partial charge in [0.1, 0.15) is 5.82 Å². The number of carbonyl (C=O) groups is 2. The summed E-state index contributed by atoms with van der Waals surface area (Å²) in [4.78, 5) is 25.5. The third-order valence-electron chi connectivity index (χ3n) is 2.51. The zero-order chi connectivity index (χ0) is 13.3. The van der Waals surface area contributed by atoms with Gasteiger partial charge < -0.3 is 20.3 Å². The molecule has 0 atom stereocenters. The van der Waals surface area contributed by atoms with E-state index in [1.807, 2.05) is 0 Å². The highest BCUT2D eigenvalue weighted by Crippen LogP contribution is 2.17. The van der Waals surface area contributed by atoms with Gasteiger partial charge >= 0.3 is 11.9 Å². The van der Waals surface area contributed by atoms with E-state index in [0.29, 0.717) is 17.0 Å². The number of rotatable bonds is 4. The zero-order valence-corrected chi connectivity index (χ0v) is 9.33. The Bertz CT molecular complexity index is 632. The van der Waals surface area contributed by atoms with Crippen molar-refractivity contribution in [2.75, 3.05) is 5.73 Å². The van der Waals surface area contributed by atoms with Crippen molar-refractivity contribution in [3.63, 3.8) is 0 Å². The number of hydrogen-bond acceptors (Lipinski definition) is 4. The molecule has 0 aliphatic carbocycles. The fraction of sp³-hybridized carbons (Fsp3) is 0.182. The lowest BCUT2D eigenvalue weighted by Crippen LogP contribution is -2.01. The van der Waals surface area contributed by atoms with Gasteiger partial charge in [-0.2, -0.15) is 0 Å². The molecular weight excluding hydrogens is 238 g/mol. The Morgan fingerprint density at radius 3 is 2.72 bits per heavy atom. The van der Waals surface area contributed by atoms with Crippen LogP contribution in [0, 0.1) is 0 Å². The highest BCUT2D eigenvalue weighted by atomic mass is 16.4. The lowest BCUT2D eigenvalue weighted by Gasteiger charge is -2.00. The summed E-state index contributed by atoms with van der Waals surface area (Å²) in [5.41, 5.74) is 6.26. The number of nitrogens with two attached hydrogens (primary N) is 1. The third-order valence-corrected chi connectivity index (χ3v) is 2.51. The second kappa shape index (κ2) is 4.36. The van der Waals surface area contributed by atoms with Crippen LogP contribution < -0.4 is 5.73 Å². The van der Waals surface area contributed by atoms with E-state index in [9.17, 15) is 9.59 Å². The van der Waals surface area contributed by atoms with Crippen LogP contribution >= 0.6 is 0 Å². The number of pyridine rings is 1. The molecule has 0 radical (unpaired) electrons. The minimum atomic E-state index is -1.17. The average molecular weight is 249 g/mol. The molecule has 7 nitrogen and oxygen atoms in total. The number of imidazole rings is 1. The van der Waals surface area contributed by atoms with Crippen molar-refractivity contribution < 1.29 is 19.8 Å². The smallest absolute Gasteiger partial charge is 0.356 e. The molecule has 0 spiro atoms. The number of aromatic nitrogens is 2. The summed E-state index contributed by atoms with van der Waals surface area (Å²) in [5.74, 6) is -1.73. The molecule has 2 rings (SSSR count). The normalized spacial score (nSPS) is 10.7. The molecule has 0 aliphatic heterocycles. The van der Waals surface area contributed by atoms with Gasteiger partial charge in [-0.15, -0.1) is 0 Å². The number of carboxylic acid groups (broad SMARTS) is 2. The Hall–Kier alpha value is -2.57. The summed E-state index contributed by atoms with van der Waals surface area (Å²) in [6.45, 7) is 0. The topological polar surface area (TPSA) is 118 Å². The van der Waals surface area contributed by atoms with Gasteiger partial charge in [-0.05, 0) is 12.1 Å². The highest BCUT2D eigenvalue weighted by Gasteiger charge is 2.17. The van der Waals surface area contributed by atoms with E-state index in [1.165, 1.54) is 6.07 Å². The van der Waals surface area contributed by atoms with Crippen molar-refractivity contribution in [3.05, 3.63) is 29.8 Å². The predicted molar refractivity (Wildman–Crippen MR) is 62.5 cm³/mol. The first kappa shape index (κ1) is 11.9. The molecule has 7 heteroatoms. The van der Waals surface area contributed by atoms with Crippen molar-refractivity contribution in [2.45, 2.75) is 12.8 Å². The number of nitrogen functional groups attached to an aromatic ring is 1. The number of nitrogens with zero attached hydrogens (tertiary/aromatic N) is 2. The van der Waals surface area contributed by atoms with Crippen LogP contribution in [0.4, 0.5) is 5.69 Å². The molecule has 94 valence electrons. The summed E-state index contributed by atoms with van der Waals surface area (Å²) in [6, 6.07) is 3.10. The van der Waals surface area contributed by atoms with Crippen LogP contribution in [-0.2, 0) is 11.2 Å². The maximum absolute atomic E-state index is 11.0. The van der Waals surface area contributed by atoms with Crippen LogP contribution in [-0.4, -0.2) is 31.5 Å². The number of anilines is 1. The molecule has 0 aromatic carbocycles. The number of aryl methyl sites for hydroxylation is 1. The van der Waals surface area contributed by atoms with Crippen LogP contribution in [0.3, 0.4) is 0 Å². The van der Waals surface area contributed by atoms with Crippen molar-refractivity contribution in [1.29, 1.82) is 0 Å². The molecule has 0 bridgehead atoms. The maximum atomic E-state index is 11.0. The average Bonchev–Trinajstić information content (AvgIpc) is 2.64. The second-order valence-electron chi connectivity index (χ2n) is 3.79. The Labute approximate surface area is 101 Å². The Morgan fingerprint density at radius 2 is 2.11 bits per heavy atom. The first-order valence-electron chi connectivity index (χ1n) is 5.20. The minimum Gasteiger partial charge on any atom is -0.481 e. The van der Waals surface area contributed by atoms with Gasteiger partial charge in [0.25, 0.3) is 0 Å². The maximum Gasteiger partial charge on any atom is 0.356 e. The molecule has 0 fully saturated rings. The van der Waals surface area contributed by atoms with Gasteiger partial charge in [0.2, 0.25) is 0 Å². The van der Waals surface area contributed by atoms with Crippen LogP contribution in [0.1, 0.15) is 22.7 Å². The van der Waals surface area contributed by atoms with Gasteiger partial charge in [0.15, 0.2) is 5.69 Å². The van der Waals surface area contributed by atoms with Gasteiger partial charge in [-0.3, -0.25) is 4.79 Å². The highest BCUT2D eigenvalue weighted by molar-refractivity contribution is 5.94. The minimum absolute atomic E-state index is 0.109. The van der Waals surface area contributed by atoms with Crippen LogP contribution in [0.2, 0.25) is 0 Å². The van der Waals surface area contributed by atoms with E-state index >= 15 is 0 Å². The Balaban J connectivity index is 2.54. The summed E-state index contributed by atoms with van der Waals surface area (Å²) in [5, 5.41) is 17.7. The molecule has 0 saturated carbocycles. The SMILES string of the molecule is Nc1ccn2c(CCC(=O)O)nc(C(=O)O)c2c1. The lowest BCUT2D eigenvalue weighted by atomic mass is 10.3. The first-order valence-corrected chi connectivity index (χ1v) is 5.20. The first-order chi connectivity index (χ1) is 8.49. The fourth-order valence-corrected chi connectivity index (χ4v) is 1.72.